The number of tetrazole rings is 1. The van der Waals surface area contributed by atoms with E-state index >= 15 is 0 Å². The summed E-state index contributed by atoms with van der Waals surface area (Å²) in [6, 6.07) is 7.78. The lowest BCUT2D eigenvalue weighted by atomic mass is 10.0. The largest absolute Gasteiger partial charge is 0.346 e. The Bertz CT molecular complexity index is 586. The fourth-order valence-corrected chi connectivity index (χ4v) is 3.34. The molecule has 0 aliphatic carbocycles. The molecule has 2 aromatic rings. The zero-order valence-corrected chi connectivity index (χ0v) is 11.1. The SMILES string of the molecule is CC(NC(=O)C1CSc2ccccc21)c1nn[nH]n1. The van der Waals surface area contributed by atoms with Gasteiger partial charge in [-0.3, -0.25) is 4.79 Å². The number of aromatic nitrogens is 4. The number of carbonyl (C=O) groups is 1. The van der Waals surface area contributed by atoms with Gasteiger partial charge in [-0.15, -0.1) is 22.0 Å². The third-order valence-electron chi connectivity index (χ3n) is 3.12. The van der Waals surface area contributed by atoms with Crippen LogP contribution in [0.15, 0.2) is 29.2 Å². The molecule has 2 N–H and O–H groups in total. The number of fused-ring (bicyclic) bond motifs is 1. The Morgan fingerprint density at radius 2 is 2.37 bits per heavy atom. The zero-order chi connectivity index (χ0) is 13.2. The maximum Gasteiger partial charge on any atom is 0.229 e. The summed E-state index contributed by atoms with van der Waals surface area (Å²) in [5.41, 5.74) is 1.10. The number of benzene rings is 1. The van der Waals surface area contributed by atoms with Crippen LogP contribution < -0.4 is 5.32 Å². The second kappa shape index (κ2) is 5.00. The van der Waals surface area contributed by atoms with Gasteiger partial charge in [-0.05, 0) is 18.6 Å². The van der Waals surface area contributed by atoms with Crippen molar-refractivity contribution in [2.24, 2.45) is 0 Å². The van der Waals surface area contributed by atoms with Gasteiger partial charge in [-0.1, -0.05) is 23.4 Å². The van der Waals surface area contributed by atoms with Gasteiger partial charge >= 0.3 is 0 Å². The van der Waals surface area contributed by atoms with E-state index in [0.717, 1.165) is 11.3 Å². The number of H-pyrrole nitrogens is 1. The van der Waals surface area contributed by atoms with Crippen molar-refractivity contribution in [2.45, 2.75) is 23.8 Å². The molecule has 0 radical (unpaired) electrons. The fourth-order valence-electron chi connectivity index (χ4n) is 2.11. The smallest absolute Gasteiger partial charge is 0.229 e. The fraction of sp³-hybridized carbons (Fsp3) is 0.333. The van der Waals surface area contributed by atoms with E-state index in [1.165, 1.54) is 4.90 Å². The molecule has 19 heavy (non-hydrogen) atoms. The van der Waals surface area contributed by atoms with E-state index in [0.29, 0.717) is 5.82 Å². The van der Waals surface area contributed by atoms with Gasteiger partial charge in [0.25, 0.3) is 0 Å². The molecule has 1 aliphatic rings. The minimum Gasteiger partial charge on any atom is -0.346 e. The van der Waals surface area contributed by atoms with E-state index in [9.17, 15) is 4.79 Å². The van der Waals surface area contributed by atoms with Crippen molar-refractivity contribution in [2.75, 3.05) is 5.75 Å². The number of nitrogens with one attached hydrogen (secondary N) is 2. The van der Waals surface area contributed by atoms with E-state index in [2.05, 4.69) is 32.0 Å². The average molecular weight is 275 g/mol. The molecule has 0 bridgehead atoms. The molecule has 1 aromatic heterocycles. The van der Waals surface area contributed by atoms with Crippen LogP contribution in [0.2, 0.25) is 0 Å². The molecular weight excluding hydrogens is 262 g/mol. The lowest BCUT2D eigenvalue weighted by Gasteiger charge is -2.14. The van der Waals surface area contributed by atoms with E-state index in [4.69, 9.17) is 0 Å². The first-order chi connectivity index (χ1) is 9.25. The zero-order valence-electron chi connectivity index (χ0n) is 10.3. The first-order valence-electron chi connectivity index (χ1n) is 6.01. The van der Waals surface area contributed by atoms with E-state index < -0.39 is 0 Å². The van der Waals surface area contributed by atoms with Crippen molar-refractivity contribution in [1.82, 2.24) is 25.9 Å². The summed E-state index contributed by atoms with van der Waals surface area (Å²) in [7, 11) is 0. The summed E-state index contributed by atoms with van der Waals surface area (Å²) in [6.45, 7) is 1.84. The van der Waals surface area contributed by atoms with Crippen LogP contribution in [0, 0.1) is 0 Å². The van der Waals surface area contributed by atoms with Crippen LogP contribution in [0.3, 0.4) is 0 Å². The molecule has 1 amide bonds. The predicted molar refractivity (Wildman–Crippen MR) is 70.6 cm³/mol. The van der Waals surface area contributed by atoms with Crippen molar-refractivity contribution >= 4 is 17.7 Å². The molecule has 1 aromatic carbocycles. The van der Waals surface area contributed by atoms with E-state index in [1.807, 2.05) is 25.1 Å². The Kier molecular flexibility index (Phi) is 3.20. The van der Waals surface area contributed by atoms with Gasteiger partial charge in [0.1, 0.15) is 0 Å². The van der Waals surface area contributed by atoms with Gasteiger partial charge in [0, 0.05) is 10.6 Å². The molecule has 0 spiro atoms. The lowest BCUT2D eigenvalue weighted by molar-refractivity contribution is -0.122. The molecule has 2 atom stereocenters. The normalized spacial score (nSPS) is 18.9. The van der Waals surface area contributed by atoms with Crippen molar-refractivity contribution in [3.63, 3.8) is 0 Å². The Morgan fingerprint density at radius 3 is 3.16 bits per heavy atom. The molecule has 2 heterocycles. The minimum absolute atomic E-state index is 0.00903. The molecule has 3 rings (SSSR count). The minimum atomic E-state index is -0.246. The van der Waals surface area contributed by atoms with Gasteiger partial charge in [0.2, 0.25) is 5.91 Å². The summed E-state index contributed by atoms with van der Waals surface area (Å²) in [5, 5.41) is 16.5. The number of thioether (sulfide) groups is 1. The molecule has 7 heteroatoms. The monoisotopic (exact) mass is 275 g/mol. The van der Waals surface area contributed by atoms with Crippen LogP contribution >= 0.6 is 11.8 Å². The number of aromatic amines is 1. The van der Waals surface area contributed by atoms with Gasteiger partial charge in [0.15, 0.2) is 5.82 Å². The molecule has 2 unspecified atom stereocenters. The standard InChI is InChI=1S/C12H13N5OS/c1-7(11-14-16-17-15-11)13-12(18)9-6-19-10-5-3-2-4-8(9)10/h2-5,7,9H,6H2,1H3,(H,13,18)(H,14,15,16,17). The number of hydrogen-bond donors (Lipinski definition) is 2. The Morgan fingerprint density at radius 1 is 1.53 bits per heavy atom. The van der Waals surface area contributed by atoms with Gasteiger partial charge in [-0.2, -0.15) is 5.21 Å². The number of amides is 1. The van der Waals surface area contributed by atoms with Crippen molar-refractivity contribution in [1.29, 1.82) is 0 Å². The highest BCUT2D eigenvalue weighted by atomic mass is 32.2. The molecule has 98 valence electrons. The van der Waals surface area contributed by atoms with Crippen molar-refractivity contribution in [3.05, 3.63) is 35.7 Å². The van der Waals surface area contributed by atoms with E-state index in [-0.39, 0.29) is 17.9 Å². The second-order valence-corrected chi connectivity index (χ2v) is 5.46. The van der Waals surface area contributed by atoms with E-state index in [1.54, 1.807) is 11.8 Å². The lowest BCUT2D eigenvalue weighted by Crippen LogP contribution is -2.32. The summed E-state index contributed by atoms with van der Waals surface area (Å²) < 4.78 is 0. The molecule has 0 fully saturated rings. The maximum absolute atomic E-state index is 12.3. The van der Waals surface area contributed by atoms with Crippen LogP contribution in [0.25, 0.3) is 0 Å². The van der Waals surface area contributed by atoms with Gasteiger partial charge < -0.3 is 5.32 Å². The number of rotatable bonds is 3. The molecule has 6 nitrogen and oxygen atoms in total. The maximum atomic E-state index is 12.3. The predicted octanol–water partition coefficient (Wildman–Crippen LogP) is 1.27. The Hall–Kier alpha value is -1.89. The van der Waals surface area contributed by atoms with Gasteiger partial charge in [0.05, 0.1) is 12.0 Å². The summed E-state index contributed by atoms with van der Waals surface area (Å²) in [6.07, 6.45) is 0. The van der Waals surface area contributed by atoms with Crippen LogP contribution in [-0.4, -0.2) is 32.3 Å². The van der Waals surface area contributed by atoms with Crippen LogP contribution in [-0.2, 0) is 4.79 Å². The number of nitrogens with zero attached hydrogens (tertiary/aromatic N) is 3. The first kappa shape index (κ1) is 12.2. The Labute approximate surface area is 114 Å². The molecular formula is C12H13N5OS. The summed E-state index contributed by atoms with van der Waals surface area (Å²) >= 11 is 1.72. The van der Waals surface area contributed by atoms with Crippen LogP contribution in [0.4, 0.5) is 0 Å². The van der Waals surface area contributed by atoms with Crippen LogP contribution in [0.1, 0.15) is 30.3 Å². The van der Waals surface area contributed by atoms with Crippen molar-refractivity contribution < 1.29 is 4.79 Å². The molecule has 1 aliphatic heterocycles. The van der Waals surface area contributed by atoms with Gasteiger partial charge in [-0.25, -0.2) is 0 Å². The highest BCUT2D eigenvalue weighted by Gasteiger charge is 2.30. The average Bonchev–Trinajstić information content (AvgIpc) is 3.08. The molecule has 0 saturated heterocycles. The number of hydrogen-bond acceptors (Lipinski definition) is 5. The second-order valence-electron chi connectivity index (χ2n) is 4.40. The highest BCUT2D eigenvalue weighted by Crippen LogP contribution is 2.39. The quantitative estimate of drug-likeness (QED) is 0.881. The van der Waals surface area contributed by atoms with Crippen LogP contribution in [0.5, 0.6) is 0 Å². The first-order valence-corrected chi connectivity index (χ1v) is 6.99. The van der Waals surface area contributed by atoms with Crippen molar-refractivity contribution in [3.8, 4) is 0 Å². The number of carbonyl (C=O) groups excluding carboxylic acids is 1. The Balaban J connectivity index is 1.72. The molecule has 0 saturated carbocycles. The third-order valence-corrected chi connectivity index (χ3v) is 4.31. The highest BCUT2D eigenvalue weighted by molar-refractivity contribution is 7.99. The third kappa shape index (κ3) is 2.33. The summed E-state index contributed by atoms with van der Waals surface area (Å²) in [4.78, 5) is 13.5. The topological polar surface area (TPSA) is 83.6 Å². The summed E-state index contributed by atoms with van der Waals surface area (Å²) in [5.74, 6) is 1.18.